The van der Waals surface area contributed by atoms with Crippen molar-refractivity contribution in [1.29, 1.82) is 0 Å². The molecule has 2 aliphatic rings. The molecule has 2 rings (SSSR count). The van der Waals surface area contributed by atoms with Crippen LogP contribution in [0.2, 0.25) is 0 Å². The lowest BCUT2D eigenvalue weighted by Gasteiger charge is -2.25. The van der Waals surface area contributed by atoms with Crippen LogP contribution >= 0.6 is 0 Å². The quantitative estimate of drug-likeness (QED) is 0.424. The largest absolute Gasteiger partial charge is 0.388 e. The summed E-state index contributed by atoms with van der Waals surface area (Å²) in [5, 5.41) is 9.62. The van der Waals surface area contributed by atoms with Crippen molar-refractivity contribution in [1.82, 2.24) is 0 Å². The normalized spacial score (nSPS) is 39.3. The second kappa shape index (κ2) is 5.07. The highest BCUT2D eigenvalue weighted by atomic mass is 16.8. The van der Waals surface area contributed by atoms with E-state index in [9.17, 15) is 5.11 Å². The van der Waals surface area contributed by atoms with E-state index in [0.29, 0.717) is 13.0 Å². The summed E-state index contributed by atoms with van der Waals surface area (Å²) in [5.74, 6) is 0. The average Bonchev–Trinajstić information content (AvgIpc) is 2.95. The zero-order valence-corrected chi connectivity index (χ0v) is 8.96. The van der Waals surface area contributed by atoms with Gasteiger partial charge >= 0.3 is 0 Å². The van der Waals surface area contributed by atoms with Gasteiger partial charge in [0.2, 0.25) is 0 Å². The lowest BCUT2D eigenvalue weighted by Crippen LogP contribution is -2.38. The van der Waals surface area contributed by atoms with E-state index in [1.54, 1.807) is 0 Å². The third-order valence-corrected chi connectivity index (χ3v) is 2.63. The molecule has 1 N–H and O–H groups in total. The molecule has 4 nitrogen and oxygen atoms in total. The van der Waals surface area contributed by atoms with Gasteiger partial charge < -0.3 is 19.3 Å². The van der Waals surface area contributed by atoms with Crippen LogP contribution in [0, 0.1) is 0 Å². The molecule has 2 heterocycles. The van der Waals surface area contributed by atoms with Gasteiger partial charge in [-0.05, 0) is 19.8 Å². The summed E-state index contributed by atoms with van der Waals surface area (Å²) < 4.78 is 16.0. The summed E-state index contributed by atoms with van der Waals surface area (Å²) in [6.07, 6.45) is 5.63. The molecule has 0 aromatic carbocycles. The van der Waals surface area contributed by atoms with Gasteiger partial charge in [-0.1, -0.05) is 12.2 Å². The number of hydrogen-bond acceptors (Lipinski definition) is 4. The molecule has 4 atom stereocenters. The van der Waals surface area contributed by atoms with Crippen molar-refractivity contribution < 1.29 is 19.3 Å². The molecule has 0 spiro atoms. The fourth-order valence-electron chi connectivity index (χ4n) is 1.70. The Balaban J connectivity index is 1.61. The van der Waals surface area contributed by atoms with E-state index in [4.69, 9.17) is 14.2 Å². The number of fused-ring (bicyclic) bond motifs is 1. The van der Waals surface area contributed by atoms with Crippen LogP contribution in [0.1, 0.15) is 26.2 Å². The van der Waals surface area contributed by atoms with Crippen molar-refractivity contribution in [2.75, 3.05) is 6.61 Å². The number of hydrogen-bond donors (Lipinski definition) is 1. The maximum absolute atomic E-state index is 9.62. The highest BCUT2D eigenvalue weighted by molar-refractivity contribution is 4.86. The molecule has 0 amide bonds. The van der Waals surface area contributed by atoms with Gasteiger partial charge in [-0.2, -0.15) is 0 Å². The van der Waals surface area contributed by atoms with E-state index in [2.05, 4.69) is 6.08 Å². The standard InChI is InChI=1S/C11H18O4/c1-2-3-4-5-6-13-10-8(12)7-9-11(14-9)15-10/h2-3,8-12H,4-7H2,1H3/b3-2+. The highest BCUT2D eigenvalue weighted by Crippen LogP contribution is 2.35. The van der Waals surface area contributed by atoms with Crippen LogP contribution in [0.4, 0.5) is 0 Å². The van der Waals surface area contributed by atoms with E-state index >= 15 is 0 Å². The number of unbranched alkanes of at least 4 members (excludes halogenated alkanes) is 1. The minimum Gasteiger partial charge on any atom is -0.388 e. The Morgan fingerprint density at radius 2 is 2.33 bits per heavy atom. The van der Waals surface area contributed by atoms with E-state index in [1.165, 1.54) is 0 Å². The van der Waals surface area contributed by atoms with Gasteiger partial charge in [0.15, 0.2) is 12.6 Å². The molecule has 0 radical (unpaired) electrons. The first kappa shape index (κ1) is 11.1. The first-order valence-corrected chi connectivity index (χ1v) is 5.53. The molecular formula is C11H18O4. The maximum Gasteiger partial charge on any atom is 0.187 e. The highest BCUT2D eigenvalue weighted by Gasteiger charge is 2.49. The molecule has 2 aliphatic heterocycles. The van der Waals surface area contributed by atoms with Crippen molar-refractivity contribution in [2.45, 2.75) is 51.0 Å². The van der Waals surface area contributed by atoms with E-state index in [1.807, 2.05) is 13.0 Å². The topological polar surface area (TPSA) is 51.2 Å². The zero-order chi connectivity index (χ0) is 10.7. The smallest absolute Gasteiger partial charge is 0.187 e. The van der Waals surface area contributed by atoms with Crippen molar-refractivity contribution in [3.63, 3.8) is 0 Å². The molecule has 2 saturated heterocycles. The summed E-state index contributed by atoms with van der Waals surface area (Å²) >= 11 is 0. The monoisotopic (exact) mass is 214 g/mol. The SMILES string of the molecule is C/C=C/CCCOC1OC2OC2CC1O. The Labute approximate surface area is 89.8 Å². The lowest BCUT2D eigenvalue weighted by atomic mass is 10.1. The minimum absolute atomic E-state index is 0.0999. The number of aliphatic hydroxyl groups excluding tert-OH is 1. The minimum atomic E-state index is -0.546. The predicted octanol–water partition coefficient (Wildman–Crippen LogP) is 1.19. The van der Waals surface area contributed by atoms with Crippen LogP contribution in [0.15, 0.2) is 12.2 Å². The second-order valence-corrected chi connectivity index (χ2v) is 3.93. The fraction of sp³-hybridized carbons (Fsp3) is 0.818. The van der Waals surface area contributed by atoms with Crippen LogP contribution in [-0.2, 0) is 14.2 Å². The van der Waals surface area contributed by atoms with E-state index in [0.717, 1.165) is 12.8 Å². The van der Waals surface area contributed by atoms with Gasteiger partial charge in [0.25, 0.3) is 0 Å². The number of aliphatic hydroxyl groups is 1. The third-order valence-electron chi connectivity index (χ3n) is 2.63. The molecule has 15 heavy (non-hydrogen) atoms. The van der Waals surface area contributed by atoms with Crippen molar-refractivity contribution in [3.05, 3.63) is 12.2 Å². The maximum atomic E-state index is 9.62. The van der Waals surface area contributed by atoms with Crippen LogP contribution < -0.4 is 0 Å². The Hall–Kier alpha value is -0.420. The molecule has 0 saturated carbocycles. The van der Waals surface area contributed by atoms with Gasteiger partial charge in [-0.3, -0.25) is 0 Å². The summed E-state index contributed by atoms with van der Waals surface area (Å²) in [7, 11) is 0. The van der Waals surface area contributed by atoms with E-state index in [-0.39, 0.29) is 12.4 Å². The molecule has 0 aliphatic carbocycles. The van der Waals surface area contributed by atoms with Crippen molar-refractivity contribution in [2.24, 2.45) is 0 Å². The Bertz CT molecular complexity index is 229. The molecule has 4 unspecified atom stereocenters. The van der Waals surface area contributed by atoms with Crippen molar-refractivity contribution >= 4 is 0 Å². The fourth-order valence-corrected chi connectivity index (χ4v) is 1.70. The van der Waals surface area contributed by atoms with E-state index < -0.39 is 12.4 Å². The summed E-state index contributed by atoms with van der Waals surface area (Å²) in [6, 6.07) is 0. The molecule has 0 aromatic heterocycles. The van der Waals surface area contributed by atoms with Crippen molar-refractivity contribution in [3.8, 4) is 0 Å². The molecule has 2 fully saturated rings. The average molecular weight is 214 g/mol. The van der Waals surface area contributed by atoms with Gasteiger partial charge in [0, 0.05) is 6.42 Å². The van der Waals surface area contributed by atoms with Gasteiger partial charge in [0.1, 0.15) is 12.2 Å². The summed E-state index contributed by atoms with van der Waals surface area (Å²) in [6.45, 7) is 2.61. The predicted molar refractivity (Wildman–Crippen MR) is 54.2 cm³/mol. The summed E-state index contributed by atoms with van der Waals surface area (Å²) in [4.78, 5) is 0. The van der Waals surface area contributed by atoms with Crippen LogP contribution in [-0.4, -0.2) is 36.5 Å². The molecular weight excluding hydrogens is 196 g/mol. The van der Waals surface area contributed by atoms with Crippen LogP contribution in [0.25, 0.3) is 0 Å². The van der Waals surface area contributed by atoms with Crippen LogP contribution in [0.5, 0.6) is 0 Å². The number of allylic oxidation sites excluding steroid dienone is 2. The Morgan fingerprint density at radius 1 is 1.47 bits per heavy atom. The molecule has 4 heteroatoms. The lowest BCUT2D eigenvalue weighted by molar-refractivity contribution is -0.222. The second-order valence-electron chi connectivity index (χ2n) is 3.93. The van der Waals surface area contributed by atoms with Gasteiger partial charge in [0.05, 0.1) is 6.61 Å². The number of rotatable bonds is 5. The van der Waals surface area contributed by atoms with Gasteiger partial charge in [-0.25, -0.2) is 0 Å². The summed E-state index contributed by atoms with van der Waals surface area (Å²) in [5.41, 5.74) is 0. The Morgan fingerprint density at radius 3 is 3.13 bits per heavy atom. The van der Waals surface area contributed by atoms with Gasteiger partial charge in [-0.15, -0.1) is 0 Å². The molecule has 0 aromatic rings. The third kappa shape index (κ3) is 3.01. The Kier molecular flexibility index (Phi) is 3.75. The molecule has 86 valence electrons. The van der Waals surface area contributed by atoms with Crippen LogP contribution in [0.3, 0.4) is 0 Å². The zero-order valence-electron chi connectivity index (χ0n) is 8.96. The number of ether oxygens (including phenoxy) is 3. The first-order valence-electron chi connectivity index (χ1n) is 5.53. The molecule has 0 bridgehead atoms. The number of epoxide rings is 1. The first-order chi connectivity index (χ1) is 7.31.